The Morgan fingerprint density at radius 3 is 2.48 bits per heavy atom. The fourth-order valence-corrected chi connectivity index (χ4v) is 2.04. The van der Waals surface area contributed by atoms with E-state index in [1.54, 1.807) is 13.8 Å². The van der Waals surface area contributed by atoms with E-state index in [-0.39, 0.29) is 24.1 Å². The van der Waals surface area contributed by atoms with Crippen LogP contribution < -0.4 is 10.6 Å². The molecule has 0 bridgehead atoms. The lowest BCUT2D eigenvalue weighted by Crippen LogP contribution is -2.55. The lowest BCUT2D eigenvalue weighted by Gasteiger charge is -2.28. The van der Waals surface area contributed by atoms with Crippen molar-refractivity contribution in [3.05, 3.63) is 28.8 Å². The molecule has 6 nitrogen and oxygen atoms in total. The van der Waals surface area contributed by atoms with Gasteiger partial charge in [0.15, 0.2) is 0 Å². The van der Waals surface area contributed by atoms with Crippen molar-refractivity contribution in [3.8, 4) is 6.07 Å². The highest BCUT2D eigenvalue weighted by Gasteiger charge is 2.36. The maximum Gasteiger partial charge on any atom is 0.329 e. The Morgan fingerprint density at radius 2 is 2.00 bits per heavy atom. The van der Waals surface area contributed by atoms with Gasteiger partial charge in [0, 0.05) is 5.02 Å². The summed E-state index contributed by atoms with van der Waals surface area (Å²) in [6, 6.07) is 5.67. The molecule has 0 radical (unpaired) electrons. The Kier molecular flexibility index (Phi) is 5.56. The van der Waals surface area contributed by atoms with Crippen molar-refractivity contribution in [1.29, 1.82) is 5.26 Å². The monoisotopic (exact) mass is 309 g/mol. The molecule has 1 aromatic rings. The Balaban J connectivity index is 2.95. The number of nitrogens with zero attached hydrogens (tertiary/aromatic N) is 1. The fourth-order valence-electron chi connectivity index (χ4n) is 1.87. The molecule has 0 saturated carbocycles. The minimum absolute atomic E-state index is 0.231. The number of carboxylic acid groups (broad SMARTS) is 1. The molecule has 0 aliphatic carbocycles. The third-order valence-corrected chi connectivity index (χ3v) is 3.55. The summed E-state index contributed by atoms with van der Waals surface area (Å²) in [5, 5.41) is 23.5. The van der Waals surface area contributed by atoms with Gasteiger partial charge in [-0.15, -0.1) is 0 Å². The van der Waals surface area contributed by atoms with E-state index < -0.39 is 17.5 Å². The second kappa shape index (κ2) is 6.95. The maximum atomic E-state index is 12.0. The number of aliphatic carboxylic acids is 1. The number of urea groups is 1. The molecular weight excluding hydrogens is 294 g/mol. The third kappa shape index (κ3) is 3.86. The Hall–Kier alpha value is -2.26. The van der Waals surface area contributed by atoms with Crippen LogP contribution in [0.1, 0.15) is 32.3 Å². The summed E-state index contributed by atoms with van der Waals surface area (Å²) in [7, 11) is 0. The van der Waals surface area contributed by atoms with Gasteiger partial charge in [-0.2, -0.15) is 5.26 Å². The highest BCUT2D eigenvalue weighted by Crippen LogP contribution is 2.21. The van der Waals surface area contributed by atoms with Crippen LogP contribution in [0.25, 0.3) is 0 Å². The first-order chi connectivity index (χ1) is 9.88. The molecule has 7 heteroatoms. The first-order valence-corrected chi connectivity index (χ1v) is 6.78. The maximum absolute atomic E-state index is 12.0. The summed E-state index contributed by atoms with van der Waals surface area (Å²) in [4.78, 5) is 23.3. The second-order valence-corrected chi connectivity index (χ2v) is 4.91. The van der Waals surface area contributed by atoms with Crippen molar-refractivity contribution < 1.29 is 14.7 Å². The van der Waals surface area contributed by atoms with Crippen molar-refractivity contribution in [2.45, 2.75) is 32.2 Å². The van der Waals surface area contributed by atoms with E-state index in [2.05, 4.69) is 10.6 Å². The second-order valence-electron chi connectivity index (χ2n) is 4.48. The molecule has 1 aromatic carbocycles. The van der Waals surface area contributed by atoms with Crippen LogP contribution in [0, 0.1) is 11.3 Å². The lowest BCUT2D eigenvalue weighted by atomic mass is 9.93. The zero-order chi connectivity index (χ0) is 16.0. The van der Waals surface area contributed by atoms with Gasteiger partial charge in [0.25, 0.3) is 0 Å². The highest BCUT2D eigenvalue weighted by molar-refractivity contribution is 6.31. The molecule has 0 atom stereocenters. The smallest absolute Gasteiger partial charge is 0.329 e. The summed E-state index contributed by atoms with van der Waals surface area (Å²) in [6.07, 6.45) is 0.486. The minimum atomic E-state index is -1.34. The SMILES string of the molecule is CCC(CC)(NC(=O)Nc1cc(Cl)ccc1C#N)C(=O)O. The summed E-state index contributed by atoms with van der Waals surface area (Å²) < 4.78 is 0. The van der Waals surface area contributed by atoms with Crippen LogP contribution in [0.3, 0.4) is 0 Å². The molecule has 0 fully saturated rings. The van der Waals surface area contributed by atoms with Gasteiger partial charge in [0.05, 0.1) is 11.3 Å². The lowest BCUT2D eigenvalue weighted by molar-refractivity contribution is -0.144. The largest absolute Gasteiger partial charge is 0.480 e. The number of hydrogen-bond acceptors (Lipinski definition) is 3. The van der Waals surface area contributed by atoms with Crippen molar-refractivity contribution in [2.24, 2.45) is 0 Å². The summed E-state index contributed by atoms with van der Waals surface area (Å²) in [6.45, 7) is 3.36. The summed E-state index contributed by atoms with van der Waals surface area (Å²) in [5.74, 6) is -1.10. The van der Waals surface area contributed by atoms with Crippen LogP contribution in [-0.2, 0) is 4.79 Å². The van der Waals surface area contributed by atoms with Crippen molar-refractivity contribution in [3.63, 3.8) is 0 Å². The number of halogens is 1. The Bertz CT molecular complexity index is 592. The first-order valence-electron chi connectivity index (χ1n) is 6.40. The number of nitrogens with one attached hydrogen (secondary N) is 2. The number of hydrogen-bond donors (Lipinski definition) is 3. The van der Waals surface area contributed by atoms with Gasteiger partial charge in [-0.3, -0.25) is 0 Å². The molecule has 21 heavy (non-hydrogen) atoms. The average Bonchev–Trinajstić information content (AvgIpc) is 2.44. The standard InChI is InChI=1S/C14H16ClN3O3/c1-3-14(4-2,12(19)20)18-13(21)17-11-7-10(15)6-5-9(11)8-16/h5-7H,3-4H2,1-2H3,(H,19,20)(H2,17,18,21). The Labute approximate surface area is 127 Å². The molecule has 0 aliphatic heterocycles. The zero-order valence-electron chi connectivity index (χ0n) is 11.7. The van der Waals surface area contributed by atoms with Crippen molar-refractivity contribution in [2.75, 3.05) is 5.32 Å². The summed E-state index contributed by atoms with van der Waals surface area (Å²) >= 11 is 5.82. The number of benzene rings is 1. The molecule has 3 N–H and O–H groups in total. The van der Waals surface area contributed by atoms with Crippen molar-refractivity contribution >= 4 is 29.3 Å². The third-order valence-electron chi connectivity index (χ3n) is 3.32. The van der Waals surface area contributed by atoms with E-state index in [0.717, 1.165) is 0 Å². The van der Waals surface area contributed by atoms with Gasteiger partial charge in [-0.1, -0.05) is 25.4 Å². The molecule has 0 heterocycles. The molecular formula is C14H16ClN3O3. The van der Waals surface area contributed by atoms with Crippen LogP contribution in [0.2, 0.25) is 5.02 Å². The number of amides is 2. The van der Waals surface area contributed by atoms with Crippen molar-refractivity contribution in [1.82, 2.24) is 5.32 Å². The predicted octanol–water partition coefficient (Wildman–Crippen LogP) is 2.98. The quantitative estimate of drug-likeness (QED) is 0.778. The predicted molar refractivity (Wildman–Crippen MR) is 79.3 cm³/mol. The molecule has 2 amide bonds. The number of rotatable bonds is 5. The molecule has 0 aliphatic rings. The molecule has 0 unspecified atom stereocenters. The van der Waals surface area contributed by atoms with E-state index in [1.165, 1.54) is 18.2 Å². The topological polar surface area (TPSA) is 102 Å². The van der Waals surface area contributed by atoms with E-state index >= 15 is 0 Å². The van der Waals surface area contributed by atoms with E-state index in [9.17, 15) is 14.7 Å². The van der Waals surface area contributed by atoms with Gasteiger partial charge in [-0.25, -0.2) is 9.59 Å². The molecule has 0 spiro atoms. The van der Waals surface area contributed by atoms with Crippen LogP contribution in [0.5, 0.6) is 0 Å². The first kappa shape index (κ1) is 16.8. The van der Waals surface area contributed by atoms with E-state index in [4.69, 9.17) is 16.9 Å². The minimum Gasteiger partial charge on any atom is -0.480 e. The van der Waals surface area contributed by atoms with Gasteiger partial charge in [0.2, 0.25) is 0 Å². The van der Waals surface area contributed by atoms with Crippen LogP contribution in [-0.4, -0.2) is 22.6 Å². The average molecular weight is 310 g/mol. The number of nitriles is 1. The zero-order valence-corrected chi connectivity index (χ0v) is 12.5. The molecule has 0 aromatic heterocycles. The highest BCUT2D eigenvalue weighted by atomic mass is 35.5. The number of carboxylic acids is 1. The van der Waals surface area contributed by atoms with Crippen LogP contribution in [0.15, 0.2) is 18.2 Å². The van der Waals surface area contributed by atoms with Crippen LogP contribution in [0.4, 0.5) is 10.5 Å². The number of carbonyl (C=O) groups excluding carboxylic acids is 1. The van der Waals surface area contributed by atoms with Crippen LogP contribution >= 0.6 is 11.6 Å². The molecule has 0 saturated heterocycles. The summed E-state index contributed by atoms with van der Waals surface area (Å²) in [5.41, 5.74) is -0.868. The number of carbonyl (C=O) groups is 2. The van der Waals surface area contributed by atoms with Gasteiger partial charge in [-0.05, 0) is 31.0 Å². The molecule has 1 rings (SSSR count). The fraction of sp³-hybridized carbons (Fsp3) is 0.357. The normalized spacial score (nSPS) is 10.6. The van der Waals surface area contributed by atoms with E-state index in [0.29, 0.717) is 5.02 Å². The number of anilines is 1. The molecule has 112 valence electrons. The van der Waals surface area contributed by atoms with Gasteiger partial charge in [0.1, 0.15) is 11.6 Å². The van der Waals surface area contributed by atoms with Gasteiger partial charge < -0.3 is 15.7 Å². The van der Waals surface area contributed by atoms with Gasteiger partial charge >= 0.3 is 12.0 Å². The van der Waals surface area contributed by atoms with E-state index in [1.807, 2.05) is 6.07 Å². The Morgan fingerprint density at radius 1 is 1.38 bits per heavy atom.